The summed E-state index contributed by atoms with van der Waals surface area (Å²) < 4.78 is 7.24. The molecule has 2 N–H and O–H groups in total. The van der Waals surface area contributed by atoms with Crippen LogP contribution in [-0.2, 0) is 0 Å². The number of rotatable bonds is 3. The van der Waals surface area contributed by atoms with Crippen LogP contribution in [0.25, 0.3) is 17.1 Å². The van der Waals surface area contributed by atoms with E-state index >= 15 is 0 Å². The third kappa shape index (κ3) is 3.50. The average Bonchev–Trinajstić information content (AvgIpc) is 3.31. The molecule has 140 valence electrons. The van der Waals surface area contributed by atoms with Crippen LogP contribution in [0, 0.1) is 0 Å². The molecule has 1 saturated heterocycles. The number of carbonyl (C=O) groups is 1. The van der Waals surface area contributed by atoms with Gasteiger partial charge in [-0.3, -0.25) is 4.79 Å². The molecule has 1 aliphatic rings. The molecule has 3 heterocycles. The number of likely N-dealkylation sites (tertiary alicyclic amines) is 1. The fraction of sp³-hybridized carbons (Fsp3) is 0.300. The Bertz CT molecular complexity index is 951. The lowest BCUT2D eigenvalue weighted by atomic mass is 9.99. The van der Waals surface area contributed by atoms with E-state index in [4.69, 9.17) is 21.8 Å². The van der Waals surface area contributed by atoms with Gasteiger partial charge in [0.1, 0.15) is 5.69 Å². The van der Waals surface area contributed by atoms with Gasteiger partial charge in [0.15, 0.2) is 11.5 Å². The molecule has 0 bridgehead atoms. The van der Waals surface area contributed by atoms with E-state index < -0.39 is 0 Å². The number of furan rings is 1. The van der Waals surface area contributed by atoms with Crippen LogP contribution in [0.5, 0.6) is 0 Å². The fourth-order valence-corrected chi connectivity index (χ4v) is 3.73. The minimum Gasteiger partial charge on any atom is -0.463 e. The zero-order valence-electron chi connectivity index (χ0n) is 15.0. The van der Waals surface area contributed by atoms with E-state index in [0.717, 1.165) is 18.5 Å². The third-order valence-electron chi connectivity index (χ3n) is 4.93. The van der Waals surface area contributed by atoms with Gasteiger partial charge in [0.25, 0.3) is 5.91 Å². The largest absolute Gasteiger partial charge is 0.463 e. The molecule has 3 aromatic rings. The van der Waals surface area contributed by atoms with Gasteiger partial charge in [-0.15, -0.1) is 0 Å². The zero-order chi connectivity index (χ0) is 19.0. The Balaban J connectivity index is 1.74. The van der Waals surface area contributed by atoms with Crippen molar-refractivity contribution >= 4 is 17.5 Å². The Kier molecular flexibility index (Phi) is 4.76. The van der Waals surface area contributed by atoms with Crippen molar-refractivity contribution in [3.63, 3.8) is 0 Å². The summed E-state index contributed by atoms with van der Waals surface area (Å²) >= 11 is 6.14. The number of halogens is 1. The molecule has 1 fully saturated rings. The van der Waals surface area contributed by atoms with Gasteiger partial charge in [-0.2, -0.15) is 5.10 Å². The van der Waals surface area contributed by atoms with Gasteiger partial charge in [-0.05, 0) is 50.1 Å². The van der Waals surface area contributed by atoms with Crippen molar-refractivity contribution in [1.82, 2.24) is 14.7 Å². The molecule has 1 aliphatic heterocycles. The molecule has 4 rings (SSSR count). The van der Waals surface area contributed by atoms with E-state index in [9.17, 15) is 4.79 Å². The van der Waals surface area contributed by atoms with E-state index in [2.05, 4.69) is 5.10 Å². The van der Waals surface area contributed by atoms with Crippen molar-refractivity contribution in [1.29, 1.82) is 0 Å². The van der Waals surface area contributed by atoms with Crippen molar-refractivity contribution < 1.29 is 9.21 Å². The van der Waals surface area contributed by atoms with Crippen LogP contribution in [0.4, 0.5) is 0 Å². The fourth-order valence-electron chi connectivity index (χ4n) is 3.55. The van der Waals surface area contributed by atoms with Gasteiger partial charge in [-0.1, -0.05) is 17.7 Å². The first kappa shape index (κ1) is 17.8. The number of nitrogens with two attached hydrogens (primary N) is 1. The molecule has 7 heteroatoms. The van der Waals surface area contributed by atoms with E-state index in [1.807, 2.05) is 30.0 Å². The summed E-state index contributed by atoms with van der Waals surface area (Å²) in [7, 11) is 0. The highest BCUT2D eigenvalue weighted by molar-refractivity contribution is 6.30. The summed E-state index contributed by atoms with van der Waals surface area (Å²) in [5.74, 6) is 0.540. The lowest BCUT2D eigenvalue weighted by molar-refractivity contribution is 0.0612. The van der Waals surface area contributed by atoms with Crippen LogP contribution in [0.2, 0.25) is 5.02 Å². The predicted molar refractivity (Wildman–Crippen MR) is 104 cm³/mol. The molecule has 6 nitrogen and oxygen atoms in total. The van der Waals surface area contributed by atoms with Crippen LogP contribution in [0.3, 0.4) is 0 Å². The summed E-state index contributed by atoms with van der Waals surface area (Å²) in [6.07, 6.45) is 3.20. The molecule has 2 aromatic heterocycles. The standard InChI is InChI=1S/C20H21ClN4O2/c1-13-10-15(22)7-8-24(13)20(26)17-12-18(19-6-3-9-27-19)25(23-17)16-5-2-4-14(21)11-16/h2-6,9,11-13,15H,7-8,10,22H2,1H3/t13-,15+/m0/s1. The maximum Gasteiger partial charge on any atom is 0.274 e. The van der Waals surface area contributed by atoms with Crippen molar-refractivity contribution in [3.8, 4) is 17.1 Å². The molecule has 0 spiro atoms. The van der Waals surface area contributed by atoms with Gasteiger partial charge in [-0.25, -0.2) is 4.68 Å². The van der Waals surface area contributed by atoms with Crippen molar-refractivity contribution in [2.24, 2.45) is 5.73 Å². The Morgan fingerprint density at radius 2 is 2.15 bits per heavy atom. The number of aromatic nitrogens is 2. The van der Waals surface area contributed by atoms with E-state index in [0.29, 0.717) is 28.7 Å². The number of hydrogen-bond acceptors (Lipinski definition) is 4. The van der Waals surface area contributed by atoms with Crippen LogP contribution in [0.15, 0.2) is 53.1 Å². The quantitative estimate of drug-likeness (QED) is 0.746. The molecule has 0 saturated carbocycles. The summed E-state index contributed by atoms with van der Waals surface area (Å²) in [5, 5.41) is 5.18. The molecule has 1 aromatic carbocycles. The molecule has 0 radical (unpaired) electrons. The van der Waals surface area contributed by atoms with Crippen molar-refractivity contribution in [2.75, 3.05) is 6.54 Å². The topological polar surface area (TPSA) is 77.3 Å². The highest BCUT2D eigenvalue weighted by Gasteiger charge is 2.30. The lowest BCUT2D eigenvalue weighted by Gasteiger charge is -2.35. The minimum atomic E-state index is -0.0945. The predicted octanol–water partition coefficient (Wildman–Crippen LogP) is 3.74. The molecule has 27 heavy (non-hydrogen) atoms. The zero-order valence-corrected chi connectivity index (χ0v) is 15.8. The summed E-state index contributed by atoms with van der Waals surface area (Å²) in [6.45, 7) is 2.67. The monoisotopic (exact) mass is 384 g/mol. The second-order valence-electron chi connectivity index (χ2n) is 6.92. The molecule has 1 amide bonds. The van der Waals surface area contributed by atoms with Crippen molar-refractivity contribution in [2.45, 2.75) is 31.8 Å². The van der Waals surface area contributed by atoms with Crippen LogP contribution < -0.4 is 5.73 Å². The normalized spacial score (nSPS) is 20.0. The SMILES string of the molecule is C[C@H]1C[C@H](N)CCN1C(=O)c1cc(-c2ccco2)n(-c2cccc(Cl)c2)n1. The first-order valence-electron chi connectivity index (χ1n) is 8.99. The molecule has 0 aliphatic carbocycles. The first-order chi connectivity index (χ1) is 13.0. The van der Waals surface area contributed by atoms with Crippen LogP contribution >= 0.6 is 11.6 Å². The maximum absolute atomic E-state index is 13.1. The smallest absolute Gasteiger partial charge is 0.274 e. The van der Waals surface area contributed by atoms with E-state index in [1.54, 1.807) is 35.2 Å². The van der Waals surface area contributed by atoms with E-state index in [-0.39, 0.29) is 18.0 Å². The number of hydrogen-bond donors (Lipinski definition) is 1. The van der Waals surface area contributed by atoms with Gasteiger partial charge >= 0.3 is 0 Å². The second kappa shape index (κ2) is 7.21. The molecular formula is C20H21ClN4O2. The average molecular weight is 385 g/mol. The Labute approximate surface area is 162 Å². The highest BCUT2D eigenvalue weighted by Crippen LogP contribution is 2.27. The van der Waals surface area contributed by atoms with Gasteiger partial charge in [0.05, 0.1) is 12.0 Å². The minimum absolute atomic E-state index is 0.0876. The Morgan fingerprint density at radius 3 is 2.85 bits per heavy atom. The number of nitrogens with zero attached hydrogens (tertiary/aromatic N) is 3. The Hall–Kier alpha value is -2.57. The second-order valence-corrected chi connectivity index (χ2v) is 7.35. The third-order valence-corrected chi connectivity index (χ3v) is 5.17. The first-order valence-corrected chi connectivity index (χ1v) is 9.37. The van der Waals surface area contributed by atoms with Crippen LogP contribution in [0.1, 0.15) is 30.3 Å². The summed E-state index contributed by atoms with van der Waals surface area (Å²) in [5.41, 5.74) is 7.87. The Morgan fingerprint density at radius 1 is 1.30 bits per heavy atom. The van der Waals surface area contributed by atoms with E-state index in [1.165, 1.54) is 0 Å². The highest BCUT2D eigenvalue weighted by atomic mass is 35.5. The van der Waals surface area contributed by atoms with Crippen molar-refractivity contribution in [3.05, 3.63) is 59.4 Å². The number of carbonyl (C=O) groups excluding carboxylic acids is 1. The van der Waals surface area contributed by atoms with Gasteiger partial charge < -0.3 is 15.1 Å². The summed E-state index contributed by atoms with van der Waals surface area (Å²) in [4.78, 5) is 14.9. The molecule has 2 atom stereocenters. The lowest BCUT2D eigenvalue weighted by Crippen LogP contribution is -2.48. The number of amides is 1. The van der Waals surface area contributed by atoms with Gasteiger partial charge in [0.2, 0.25) is 0 Å². The maximum atomic E-state index is 13.1. The van der Waals surface area contributed by atoms with Gasteiger partial charge in [0, 0.05) is 29.7 Å². The molecule has 0 unspecified atom stereocenters. The molecular weight excluding hydrogens is 364 g/mol. The number of piperidine rings is 1. The van der Waals surface area contributed by atoms with Crippen LogP contribution in [-0.4, -0.2) is 39.2 Å². The summed E-state index contributed by atoms with van der Waals surface area (Å²) in [6, 6.07) is 13.0. The number of benzene rings is 1.